The summed E-state index contributed by atoms with van der Waals surface area (Å²) in [4.78, 5) is 22.2. The van der Waals surface area contributed by atoms with Gasteiger partial charge in [0.1, 0.15) is 11.5 Å². The van der Waals surface area contributed by atoms with Gasteiger partial charge in [-0.3, -0.25) is 4.79 Å². The van der Waals surface area contributed by atoms with Gasteiger partial charge in [0.25, 0.3) is 5.91 Å². The van der Waals surface area contributed by atoms with Crippen LogP contribution >= 0.6 is 0 Å². The Kier molecular flexibility index (Phi) is 5.00. The Hall–Kier alpha value is -2.04. The monoisotopic (exact) mass is 237 g/mol. The molecule has 5 nitrogen and oxygen atoms in total. The second kappa shape index (κ2) is 6.52. The highest BCUT2D eigenvalue weighted by atomic mass is 16.5. The van der Waals surface area contributed by atoms with Crippen molar-refractivity contribution in [3.63, 3.8) is 0 Å². The summed E-state index contributed by atoms with van der Waals surface area (Å²) < 4.78 is 9.93. The average molecular weight is 237 g/mol. The van der Waals surface area contributed by atoms with Crippen molar-refractivity contribution in [3.8, 4) is 0 Å². The number of amides is 1. The van der Waals surface area contributed by atoms with Gasteiger partial charge in [-0.05, 0) is 32.1 Å². The number of carbonyl (C=O) groups is 2. The zero-order valence-corrected chi connectivity index (χ0v) is 9.86. The number of carbonyl (C=O) groups excluding carboxylic acids is 2. The van der Waals surface area contributed by atoms with Crippen LogP contribution in [-0.2, 0) is 14.3 Å². The standard InChI is InChI=1S/C12H15NO4/c1-3-13-11(14)8-16-12(15)7-6-10-5-4-9(2)17-10/h4-7H,3,8H2,1-2H3,(H,13,14). The molecular weight excluding hydrogens is 222 g/mol. The van der Waals surface area contributed by atoms with Crippen molar-refractivity contribution >= 4 is 18.0 Å². The average Bonchev–Trinajstić information content (AvgIpc) is 2.70. The van der Waals surface area contributed by atoms with Gasteiger partial charge in [0.15, 0.2) is 6.61 Å². The fraction of sp³-hybridized carbons (Fsp3) is 0.333. The summed E-state index contributed by atoms with van der Waals surface area (Å²) in [6, 6.07) is 3.53. The second-order valence-corrected chi connectivity index (χ2v) is 3.34. The van der Waals surface area contributed by atoms with E-state index in [2.05, 4.69) is 5.32 Å². The van der Waals surface area contributed by atoms with Crippen molar-refractivity contribution in [2.45, 2.75) is 13.8 Å². The molecule has 92 valence electrons. The van der Waals surface area contributed by atoms with Gasteiger partial charge in [-0.25, -0.2) is 4.79 Å². The zero-order chi connectivity index (χ0) is 12.7. The Labute approximate surface area is 99.4 Å². The maximum absolute atomic E-state index is 11.2. The van der Waals surface area contributed by atoms with Crippen molar-refractivity contribution in [1.82, 2.24) is 5.32 Å². The predicted octanol–water partition coefficient (Wildman–Crippen LogP) is 1.28. The first-order chi connectivity index (χ1) is 8.11. The topological polar surface area (TPSA) is 68.5 Å². The van der Waals surface area contributed by atoms with Crippen molar-refractivity contribution in [2.24, 2.45) is 0 Å². The molecule has 0 aliphatic heterocycles. The molecule has 0 aliphatic carbocycles. The molecule has 17 heavy (non-hydrogen) atoms. The number of ether oxygens (including phenoxy) is 1. The van der Waals surface area contributed by atoms with E-state index in [1.165, 1.54) is 12.2 Å². The smallest absolute Gasteiger partial charge is 0.331 e. The number of hydrogen-bond acceptors (Lipinski definition) is 4. The van der Waals surface area contributed by atoms with E-state index in [0.717, 1.165) is 5.76 Å². The van der Waals surface area contributed by atoms with Gasteiger partial charge in [0.05, 0.1) is 0 Å². The molecule has 0 aliphatic rings. The Balaban J connectivity index is 2.34. The van der Waals surface area contributed by atoms with Gasteiger partial charge in [-0.2, -0.15) is 0 Å². The summed E-state index contributed by atoms with van der Waals surface area (Å²) in [5, 5.41) is 2.52. The third-order valence-electron chi connectivity index (χ3n) is 1.86. The summed E-state index contributed by atoms with van der Waals surface area (Å²) in [5.41, 5.74) is 0. The van der Waals surface area contributed by atoms with Crippen LogP contribution in [-0.4, -0.2) is 25.0 Å². The normalized spacial score (nSPS) is 10.5. The van der Waals surface area contributed by atoms with Crippen LogP contribution in [0, 0.1) is 6.92 Å². The maximum atomic E-state index is 11.2. The summed E-state index contributed by atoms with van der Waals surface area (Å²) >= 11 is 0. The summed E-state index contributed by atoms with van der Waals surface area (Å²) in [6.45, 7) is 3.84. The van der Waals surface area contributed by atoms with Crippen molar-refractivity contribution < 1.29 is 18.7 Å². The van der Waals surface area contributed by atoms with E-state index in [1.54, 1.807) is 19.1 Å². The van der Waals surface area contributed by atoms with Gasteiger partial charge in [-0.1, -0.05) is 0 Å². The number of esters is 1. The lowest BCUT2D eigenvalue weighted by Crippen LogP contribution is -2.28. The van der Waals surface area contributed by atoms with Gasteiger partial charge in [-0.15, -0.1) is 0 Å². The van der Waals surface area contributed by atoms with Crippen LogP contribution in [0.4, 0.5) is 0 Å². The number of aryl methyl sites for hydroxylation is 1. The molecule has 0 saturated heterocycles. The number of nitrogens with one attached hydrogen (secondary N) is 1. The number of rotatable bonds is 5. The van der Waals surface area contributed by atoms with Crippen LogP contribution in [0.1, 0.15) is 18.4 Å². The summed E-state index contributed by atoms with van der Waals surface area (Å²) in [7, 11) is 0. The Morgan fingerprint density at radius 3 is 2.82 bits per heavy atom. The molecule has 1 N–H and O–H groups in total. The van der Waals surface area contributed by atoms with E-state index in [0.29, 0.717) is 12.3 Å². The van der Waals surface area contributed by atoms with E-state index in [-0.39, 0.29) is 12.5 Å². The minimum Gasteiger partial charge on any atom is -0.462 e. The highest BCUT2D eigenvalue weighted by Crippen LogP contribution is 2.07. The molecule has 0 saturated carbocycles. The first-order valence-corrected chi connectivity index (χ1v) is 5.29. The van der Waals surface area contributed by atoms with Crippen LogP contribution in [0.5, 0.6) is 0 Å². The fourth-order valence-corrected chi connectivity index (χ4v) is 1.13. The molecular formula is C12H15NO4. The predicted molar refractivity (Wildman–Crippen MR) is 62.1 cm³/mol. The van der Waals surface area contributed by atoms with E-state index in [4.69, 9.17) is 9.15 Å². The van der Waals surface area contributed by atoms with Gasteiger partial charge < -0.3 is 14.5 Å². The van der Waals surface area contributed by atoms with Crippen LogP contribution < -0.4 is 5.32 Å². The Morgan fingerprint density at radius 1 is 1.47 bits per heavy atom. The maximum Gasteiger partial charge on any atom is 0.331 e. The Morgan fingerprint density at radius 2 is 2.24 bits per heavy atom. The molecule has 0 spiro atoms. The van der Waals surface area contributed by atoms with Gasteiger partial charge in [0.2, 0.25) is 0 Å². The lowest BCUT2D eigenvalue weighted by Gasteiger charge is -2.01. The first-order valence-electron chi connectivity index (χ1n) is 5.29. The molecule has 1 rings (SSSR count). The highest BCUT2D eigenvalue weighted by Gasteiger charge is 2.03. The van der Waals surface area contributed by atoms with E-state index in [9.17, 15) is 9.59 Å². The van der Waals surface area contributed by atoms with Gasteiger partial charge in [0, 0.05) is 12.6 Å². The summed E-state index contributed by atoms with van der Waals surface area (Å²) in [5.74, 6) is 0.436. The quantitative estimate of drug-likeness (QED) is 0.618. The third kappa shape index (κ3) is 5.01. The van der Waals surface area contributed by atoms with Crippen LogP contribution in [0.25, 0.3) is 6.08 Å². The van der Waals surface area contributed by atoms with Crippen molar-refractivity contribution in [1.29, 1.82) is 0 Å². The minimum atomic E-state index is -0.578. The number of likely N-dealkylation sites (N-methyl/N-ethyl adjacent to an activating group) is 1. The van der Waals surface area contributed by atoms with E-state index >= 15 is 0 Å². The first kappa shape index (κ1) is 13.0. The SMILES string of the molecule is CCNC(=O)COC(=O)C=Cc1ccc(C)o1. The fourth-order valence-electron chi connectivity index (χ4n) is 1.13. The van der Waals surface area contributed by atoms with E-state index < -0.39 is 5.97 Å². The van der Waals surface area contributed by atoms with Gasteiger partial charge >= 0.3 is 5.97 Å². The number of furan rings is 1. The van der Waals surface area contributed by atoms with E-state index in [1.807, 2.05) is 6.92 Å². The lowest BCUT2D eigenvalue weighted by atomic mass is 10.4. The Bertz CT molecular complexity index is 420. The van der Waals surface area contributed by atoms with Crippen LogP contribution in [0.3, 0.4) is 0 Å². The molecule has 0 bridgehead atoms. The molecule has 1 aromatic rings. The third-order valence-corrected chi connectivity index (χ3v) is 1.86. The molecule has 0 radical (unpaired) electrons. The molecule has 1 amide bonds. The zero-order valence-electron chi connectivity index (χ0n) is 9.86. The molecule has 0 unspecified atom stereocenters. The minimum absolute atomic E-state index is 0.270. The van der Waals surface area contributed by atoms with Crippen LogP contribution in [0.2, 0.25) is 0 Å². The van der Waals surface area contributed by atoms with Crippen molar-refractivity contribution in [3.05, 3.63) is 29.7 Å². The lowest BCUT2D eigenvalue weighted by molar-refractivity contribution is -0.143. The molecule has 5 heteroatoms. The number of hydrogen-bond donors (Lipinski definition) is 1. The molecule has 0 aromatic carbocycles. The summed E-state index contributed by atoms with van der Waals surface area (Å²) in [6.07, 6.45) is 2.71. The molecule has 1 heterocycles. The highest BCUT2D eigenvalue weighted by molar-refractivity contribution is 5.88. The largest absolute Gasteiger partial charge is 0.462 e. The molecule has 0 atom stereocenters. The van der Waals surface area contributed by atoms with Crippen molar-refractivity contribution in [2.75, 3.05) is 13.2 Å². The molecule has 1 aromatic heterocycles. The van der Waals surface area contributed by atoms with Crippen LogP contribution in [0.15, 0.2) is 22.6 Å². The molecule has 0 fully saturated rings. The second-order valence-electron chi connectivity index (χ2n) is 3.34.